The van der Waals surface area contributed by atoms with Crippen molar-refractivity contribution in [2.24, 2.45) is 0 Å². The Kier molecular flexibility index (Phi) is 5.02. The first-order chi connectivity index (χ1) is 8.58. The van der Waals surface area contributed by atoms with Gasteiger partial charge in [0.2, 0.25) is 0 Å². The second-order valence-electron chi connectivity index (χ2n) is 3.99. The molecule has 0 bridgehead atoms. The molecule has 0 radical (unpaired) electrons. The van der Waals surface area contributed by atoms with Crippen LogP contribution in [0, 0.1) is 0 Å². The minimum absolute atomic E-state index is 0.00653. The molecule has 0 unspecified atom stereocenters. The number of unbranched alkanes of at least 4 members (excludes halogenated alkanes) is 1. The third-order valence-corrected chi connectivity index (χ3v) is 6.43. The van der Waals surface area contributed by atoms with Crippen molar-refractivity contribution in [2.45, 2.75) is 30.9 Å². The van der Waals surface area contributed by atoms with E-state index in [0.717, 1.165) is 0 Å². The molecular formula is C7H15N3O7P2. The van der Waals surface area contributed by atoms with Crippen molar-refractivity contribution in [1.82, 2.24) is 15.0 Å². The van der Waals surface area contributed by atoms with Gasteiger partial charge in [0.15, 0.2) is 0 Å². The van der Waals surface area contributed by atoms with Gasteiger partial charge in [-0.3, -0.25) is 13.8 Å². The van der Waals surface area contributed by atoms with Gasteiger partial charge in [0, 0.05) is 12.7 Å². The van der Waals surface area contributed by atoms with Crippen LogP contribution in [0.1, 0.15) is 19.3 Å². The van der Waals surface area contributed by atoms with E-state index in [1.807, 2.05) is 0 Å². The van der Waals surface area contributed by atoms with Crippen LogP contribution in [0.15, 0.2) is 12.4 Å². The third kappa shape index (κ3) is 3.93. The van der Waals surface area contributed by atoms with Crippen molar-refractivity contribution >= 4 is 15.2 Å². The minimum Gasteiger partial charge on any atom is -0.368 e. The molecule has 10 nitrogen and oxygen atoms in total. The quantitative estimate of drug-likeness (QED) is 0.327. The zero-order chi connectivity index (χ0) is 14.7. The van der Waals surface area contributed by atoms with Gasteiger partial charge < -0.3 is 24.7 Å². The van der Waals surface area contributed by atoms with Crippen molar-refractivity contribution in [3.63, 3.8) is 0 Å². The van der Waals surface area contributed by atoms with Crippen molar-refractivity contribution < 1.29 is 33.8 Å². The normalized spacial score (nSPS) is 13.7. The summed E-state index contributed by atoms with van der Waals surface area (Å²) < 4.78 is 23.5. The van der Waals surface area contributed by atoms with Crippen LogP contribution in [0.3, 0.4) is 0 Å². The Bertz CT molecular complexity index is 471. The standard InChI is InChI=1S/C7H15N3O7P2/c11-7(18(12,13)14,19(15,16)17)3-1-2-5-10-6-4-8-9-10/h4,6,11H,1-3,5H2,(H2,12,13,14)(H2,15,16,17). The Morgan fingerprint density at radius 3 is 2.11 bits per heavy atom. The molecule has 0 aliphatic carbocycles. The van der Waals surface area contributed by atoms with Gasteiger partial charge in [0.1, 0.15) is 0 Å². The monoisotopic (exact) mass is 315 g/mol. The molecule has 0 saturated heterocycles. The molecule has 1 aromatic rings. The van der Waals surface area contributed by atoms with Crippen molar-refractivity contribution in [3.8, 4) is 0 Å². The maximum Gasteiger partial charge on any atom is 0.369 e. The number of aryl methyl sites for hydroxylation is 1. The molecule has 0 saturated carbocycles. The molecule has 0 amide bonds. The fourth-order valence-corrected chi connectivity index (χ4v) is 3.71. The summed E-state index contributed by atoms with van der Waals surface area (Å²) in [4.78, 5) is 35.6. The molecule has 19 heavy (non-hydrogen) atoms. The largest absolute Gasteiger partial charge is 0.369 e. The third-order valence-electron chi connectivity index (χ3n) is 2.55. The average molecular weight is 315 g/mol. The van der Waals surface area contributed by atoms with Crippen LogP contribution in [-0.2, 0) is 15.7 Å². The Morgan fingerprint density at radius 1 is 1.11 bits per heavy atom. The number of hydrogen-bond donors (Lipinski definition) is 5. The highest BCUT2D eigenvalue weighted by Crippen LogP contribution is 2.69. The van der Waals surface area contributed by atoms with Gasteiger partial charge in [-0.25, -0.2) is 0 Å². The Morgan fingerprint density at radius 2 is 1.68 bits per heavy atom. The number of aromatic nitrogens is 3. The summed E-state index contributed by atoms with van der Waals surface area (Å²) >= 11 is 0. The van der Waals surface area contributed by atoms with Gasteiger partial charge in [-0.1, -0.05) is 5.21 Å². The van der Waals surface area contributed by atoms with Gasteiger partial charge in [0.25, 0.3) is 5.08 Å². The van der Waals surface area contributed by atoms with E-state index in [1.165, 1.54) is 10.9 Å². The molecule has 110 valence electrons. The van der Waals surface area contributed by atoms with Crippen molar-refractivity contribution in [1.29, 1.82) is 0 Å². The van der Waals surface area contributed by atoms with Gasteiger partial charge in [-0.15, -0.1) is 5.10 Å². The Hall–Kier alpha value is -0.600. The fraction of sp³-hybridized carbons (Fsp3) is 0.714. The van der Waals surface area contributed by atoms with Crippen LogP contribution in [-0.4, -0.2) is 44.8 Å². The van der Waals surface area contributed by atoms with Gasteiger partial charge >= 0.3 is 15.2 Å². The molecule has 0 aliphatic rings. The maximum atomic E-state index is 11.0. The Balaban J connectivity index is 2.61. The smallest absolute Gasteiger partial charge is 0.368 e. The van der Waals surface area contributed by atoms with Gasteiger partial charge in [-0.2, -0.15) is 0 Å². The minimum atomic E-state index is -5.35. The van der Waals surface area contributed by atoms with E-state index in [9.17, 15) is 14.2 Å². The first-order valence-corrected chi connectivity index (χ1v) is 8.48. The van der Waals surface area contributed by atoms with E-state index in [2.05, 4.69) is 10.3 Å². The summed E-state index contributed by atoms with van der Waals surface area (Å²) in [6.07, 6.45) is 2.63. The highest BCUT2D eigenvalue weighted by atomic mass is 31.2. The van der Waals surface area contributed by atoms with Gasteiger partial charge in [0.05, 0.1) is 6.20 Å². The predicted octanol–water partition coefficient (Wildman–Crippen LogP) is -0.550. The molecule has 0 aromatic carbocycles. The SMILES string of the molecule is O=P(O)(O)C(O)(CCCCn1ccnn1)P(=O)(O)O. The lowest BCUT2D eigenvalue weighted by Crippen LogP contribution is -2.28. The van der Waals surface area contributed by atoms with Crippen LogP contribution in [0.5, 0.6) is 0 Å². The van der Waals surface area contributed by atoms with E-state index in [4.69, 9.17) is 19.6 Å². The molecular weight excluding hydrogens is 300 g/mol. The first kappa shape index (κ1) is 16.5. The molecule has 1 aromatic heterocycles. The molecule has 0 spiro atoms. The highest BCUT2D eigenvalue weighted by molar-refractivity contribution is 7.72. The van der Waals surface area contributed by atoms with E-state index < -0.39 is 26.7 Å². The fourth-order valence-electron chi connectivity index (χ4n) is 1.45. The molecule has 0 aliphatic heterocycles. The second kappa shape index (κ2) is 5.80. The summed E-state index contributed by atoms with van der Waals surface area (Å²) in [6, 6.07) is 0. The van der Waals surface area contributed by atoms with E-state index in [0.29, 0.717) is 13.0 Å². The van der Waals surface area contributed by atoms with Crippen molar-refractivity contribution in [2.75, 3.05) is 0 Å². The van der Waals surface area contributed by atoms with Crippen LogP contribution in [0.4, 0.5) is 0 Å². The number of aliphatic hydroxyl groups is 1. The number of nitrogens with zero attached hydrogens (tertiary/aromatic N) is 3. The number of rotatable bonds is 7. The lowest BCUT2D eigenvalue weighted by atomic mass is 10.2. The summed E-state index contributed by atoms with van der Waals surface area (Å²) in [5.74, 6) is 0. The zero-order valence-electron chi connectivity index (χ0n) is 9.77. The van der Waals surface area contributed by atoms with Crippen molar-refractivity contribution in [3.05, 3.63) is 12.4 Å². The average Bonchev–Trinajstić information content (AvgIpc) is 2.73. The van der Waals surface area contributed by atoms with Crippen LogP contribution < -0.4 is 0 Å². The number of hydrogen-bond acceptors (Lipinski definition) is 5. The molecule has 5 N–H and O–H groups in total. The molecule has 0 atom stereocenters. The maximum absolute atomic E-state index is 11.0. The predicted molar refractivity (Wildman–Crippen MR) is 62.9 cm³/mol. The summed E-state index contributed by atoms with van der Waals surface area (Å²) in [5, 5.41) is 13.4. The van der Waals surface area contributed by atoms with E-state index in [1.54, 1.807) is 6.20 Å². The topological polar surface area (TPSA) is 166 Å². The van der Waals surface area contributed by atoms with Crippen LogP contribution in [0.25, 0.3) is 0 Å². The Labute approximate surface area is 108 Å². The molecule has 1 rings (SSSR count). The lowest BCUT2D eigenvalue weighted by molar-refractivity contribution is 0.120. The molecule has 0 fully saturated rings. The summed E-state index contributed by atoms with van der Waals surface area (Å²) in [6.45, 7) is 0.360. The molecule has 1 heterocycles. The van der Waals surface area contributed by atoms with Crippen LogP contribution in [0.2, 0.25) is 0 Å². The second-order valence-corrected chi connectivity index (χ2v) is 7.99. The van der Waals surface area contributed by atoms with E-state index >= 15 is 0 Å². The highest BCUT2D eigenvalue weighted by Gasteiger charge is 2.58. The van der Waals surface area contributed by atoms with Gasteiger partial charge in [-0.05, 0) is 19.3 Å². The zero-order valence-corrected chi connectivity index (χ0v) is 11.6. The lowest BCUT2D eigenvalue weighted by Gasteiger charge is -2.29. The first-order valence-electron chi connectivity index (χ1n) is 5.26. The van der Waals surface area contributed by atoms with Crippen LogP contribution >= 0.6 is 15.2 Å². The molecule has 12 heteroatoms. The summed E-state index contributed by atoms with van der Waals surface area (Å²) in [5.41, 5.74) is 0. The van der Waals surface area contributed by atoms with E-state index in [-0.39, 0.29) is 6.42 Å². The summed E-state index contributed by atoms with van der Waals surface area (Å²) in [7, 11) is -10.7.